The summed E-state index contributed by atoms with van der Waals surface area (Å²) in [6, 6.07) is 15.1. The van der Waals surface area contributed by atoms with Crippen molar-refractivity contribution >= 4 is 39.8 Å². The number of carbonyl (C=O) groups excluding carboxylic acids is 1. The molecule has 0 unspecified atom stereocenters. The lowest BCUT2D eigenvalue weighted by Gasteiger charge is -2.29. The summed E-state index contributed by atoms with van der Waals surface area (Å²) in [6.45, 7) is 1.98. The molecular weight excluding hydrogens is 411 g/mol. The molecule has 0 saturated carbocycles. The third kappa shape index (κ3) is 4.14. The Balaban J connectivity index is 1.51. The molecule has 1 amide bonds. The van der Waals surface area contributed by atoms with Crippen molar-refractivity contribution in [3.8, 4) is 10.6 Å². The van der Waals surface area contributed by atoms with Crippen LogP contribution in [0.1, 0.15) is 29.6 Å². The van der Waals surface area contributed by atoms with E-state index in [2.05, 4.69) is 16.3 Å². The first-order valence-electron chi connectivity index (χ1n) is 10.3. The maximum absolute atomic E-state index is 13.1. The summed E-state index contributed by atoms with van der Waals surface area (Å²) in [5.41, 5.74) is 3.42. The van der Waals surface area contributed by atoms with Crippen molar-refractivity contribution in [1.29, 1.82) is 0 Å². The van der Waals surface area contributed by atoms with E-state index in [4.69, 9.17) is 9.97 Å². The normalized spacial score (nSPS) is 14.0. The van der Waals surface area contributed by atoms with Crippen LogP contribution < -0.4 is 10.2 Å². The summed E-state index contributed by atoms with van der Waals surface area (Å²) in [5, 5.41) is 4.91. The van der Waals surface area contributed by atoms with Crippen LogP contribution in [-0.2, 0) is 0 Å². The number of piperidine rings is 1. The fourth-order valence-corrected chi connectivity index (χ4v) is 4.54. The lowest BCUT2D eigenvalue weighted by atomic mass is 10.1. The van der Waals surface area contributed by atoms with Crippen LogP contribution in [0.4, 0.5) is 15.9 Å². The third-order valence-electron chi connectivity index (χ3n) is 5.42. The molecule has 0 aliphatic carbocycles. The minimum absolute atomic E-state index is 0.296. The van der Waals surface area contributed by atoms with Crippen LogP contribution in [0.5, 0.6) is 0 Å². The van der Waals surface area contributed by atoms with Gasteiger partial charge in [0, 0.05) is 24.3 Å². The van der Waals surface area contributed by atoms with Gasteiger partial charge >= 0.3 is 0 Å². The van der Waals surface area contributed by atoms with Gasteiger partial charge in [-0.1, -0.05) is 6.07 Å². The summed E-state index contributed by atoms with van der Waals surface area (Å²) >= 11 is 1.65. The molecule has 0 atom stereocenters. The Morgan fingerprint density at radius 2 is 1.77 bits per heavy atom. The molecule has 1 saturated heterocycles. The molecule has 156 valence electrons. The maximum Gasteiger partial charge on any atom is 0.255 e. The van der Waals surface area contributed by atoms with E-state index in [0.717, 1.165) is 53.4 Å². The zero-order valence-corrected chi connectivity index (χ0v) is 17.7. The summed E-state index contributed by atoms with van der Waals surface area (Å²) in [7, 11) is 0. The molecule has 1 N–H and O–H groups in total. The molecule has 0 radical (unpaired) electrons. The minimum Gasteiger partial charge on any atom is -0.355 e. The minimum atomic E-state index is -0.372. The van der Waals surface area contributed by atoms with Crippen molar-refractivity contribution in [2.24, 2.45) is 0 Å². The molecule has 0 spiro atoms. The highest BCUT2D eigenvalue weighted by Gasteiger charge is 2.20. The number of hydrogen-bond acceptors (Lipinski definition) is 5. The third-order valence-corrected chi connectivity index (χ3v) is 6.30. The van der Waals surface area contributed by atoms with Crippen molar-refractivity contribution in [2.75, 3.05) is 23.3 Å². The van der Waals surface area contributed by atoms with E-state index in [9.17, 15) is 9.18 Å². The second kappa shape index (κ2) is 8.43. The molecular formula is C24H21FN4OS. The van der Waals surface area contributed by atoms with Crippen LogP contribution in [0.25, 0.3) is 21.6 Å². The number of carbonyl (C=O) groups is 1. The number of anilines is 2. The topological polar surface area (TPSA) is 58.1 Å². The van der Waals surface area contributed by atoms with Crippen molar-refractivity contribution in [2.45, 2.75) is 19.3 Å². The molecule has 1 aliphatic heterocycles. The lowest BCUT2D eigenvalue weighted by Crippen LogP contribution is -2.30. The zero-order chi connectivity index (χ0) is 21.2. The molecule has 4 aromatic rings. The van der Waals surface area contributed by atoms with E-state index in [1.165, 1.54) is 30.7 Å². The Kier molecular flexibility index (Phi) is 5.34. The number of nitrogens with one attached hydrogen (secondary N) is 1. The number of thiophene rings is 1. The molecule has 2 aromatic carbocycles. The average Bonchev–Trinajstić information content (AvgIpc) is 3.34. The SMILES string of the molecule is O=C(Nc1ccc2nc(N3CCCCC3)c(-c3cccs3)nc2c1)c1ccc(F)cc1. The van der Waals surface area contributed by atoms with Gasteiger partial charge in [-0.15, -0.1) is 11.3 Å². The number of aromatic nitrogens is 2. The van der Waals surface area contributed by atoms with E-state index in [1.54, 1.807) is 11.3 Å². The van der Waals surface area contributed by atoms with Crippen molar-refractivity contribution in [3.05, 3.63) is 71.4 Å². The van der Waals surface area contributed by atoms with Gasteiger partial charge < -0.3 is 10.2 Å². The van der Waals surface area contributed by atoms with Gasteiger partial charge in [0.05, 0.1) is 15.9 Å². The summed E-state index contributed by atoms with van der Waals surface area (Å²) in [6.07, 6.45) is 3.58. The quantitative estimate of drug-likeness (QED) is 0.447. The van der Waals surface area contributed by atoms with Gasteiger partial charge in [-0.25, -0.2) is 14.4 Å². The highest BCUT2D eigenvalue weighted by atomic mass is 32.1. The first-order chi connectivity index (χ1) is 15.2. The predicted octanol–water partition coefficient (Wildman–Crippen LogP) is 5.74. The van der Waals surface area contributed by atoms with Crippen LogP contribution in [0.2, 0.25) is 0 Å². The van der Waals surface area contributed by atoms with Crippen molar-refractivity contribution in [1.82, 2.24) is 9.97 Å². The Bertz CT molecular complexity index is 1220. The molecule has 1 aliphatic rings. The number of benzene rings is 2. The largest absolute Gasteiger partial charge is 0.355 e. The first-order valence-corrected chi connectivity index (χ1v) is 11.2. The summed E-state index contributed by atoms with van der Waals surface area (Å²) < 4.78 is 13.1. The van der Waals surface area contributed by atoms with E-state index in [0.29, 0.717) is 11.3 Å². The van der Waals surface area contributed by atoms with Gasteiger partial charge in [0.2, 0.25) is 0 Å². The smallest absolute Gasteiger partial charge is 0.255 e. The average molecular weight is 433 g/mol. The Morgan fingerprint density at radius 3 is 2.52 bits per heavy atom. The van der Waals surface area contributed by atoms with Gasteiger partial charge in [-0.3, -0.25) is 4.79 Å². The van der Waals surface area contributed by atoms with E-state index < -0.39 is 0 Å². The number of hydrogen-bond donors (Lipinski definition) is 1. The van der Waals surface area contributed by atoms with E-state index >= 15 is 0 Å². The van der Waals surface area contributed by atoms with Crippen molar-refractivity contribution in [3.63, 3.8) is 0 Å². The van der Waals surface area contributed by atoms with Crippen LogP contribution in [0.15, 0.2) is 60.0 Å². The zero-order valence-electron chi connectivity index (χ0n) is 16.8. The molecule has 5 nitrogen and oxygen atoms in total. The number of amides is 1. The first kappa shape index (κ1) is 19.6. The number of rotatable bonds is 4. The molecule has 5 rings (SSSR count). The highest BCUT2D eigenvalue weighted by molar-refractivity contribution is 7.13. The molecule has 1 fully saturated rings. The molecule has 31 heavy (non-hydrogen) atoms. The van der Waals surface area contributed by atoms with E-state index in [-0.39, 0.29) is 11.7 Å². The molecule has 2 aromatic heterocycles. The molecule has 0 bridgehead atoms. The maximum atomic E-state index is 13.1. The van der Waals surface area contributed by atoms with Crippen LogP contribution >= 0.6 is 11.3 Å². The fraction of sp³-hybridized carbons (Fsp3) is 0.208. The molecule has 3 heterocycles. The molecule has 7 heteroatoms. The van der Waals surface area contributed by atoms with Gasteiger partial charge in [0.1, 0.15) is 11.5 Å². The lowest BCUT2D eigenvalue weighted by molar-refractivity contribution is 0.102. The second-order valence-electron chi connectivity index (χ2n) is 7.59. The number of halogens is 1. The Morgan fingerprint density at radius 1 is 0.968 bits per heavy atom. The summed E-state index contributed by atoms with van der Waals surface area (Å²) in [4.78, 5) is 25.8. The van der Waals surface area contributed by atoms with Gasteiger partial charge in [-0.2, -0.15) is 0 Å². The van der Waals surface area contributed by atoms with Crippen LogP contribution in [0, 0.1) is 5.82 Å². The number of fused-ring (bicyclic) bond motifs is 1. The van der Waals surface area contributed by atoms with Gasteiger partial charge in [-0.05, 0) is 73.2 Å². The van der Waals surface area contributed by atoms with E-state index in [1.807, 2.05) is 29.6 Å². The highest BCUT2D eigenvalue weighted by Crippen LogP contribution is 2.34. The fourth-order valence-electron chi connectivity index (χ4n) is 3.83. The Labute approximate surface area is 183 Å². The van der Waals surface area contributed by atoms with Crippen LogP contribution in [-0.4, -0.2) is 29.0 Å². The standard InChI is InChI=1S/C24H21FN4OS/c25-17-8-6-16(7-9-17)24(30)26-18-10-11-19-20(15-18)27-22(21-5-4-14-31-21)23(28-19)29-12-2-1-3-13-29/h4-11,14-15H,1-3,12-13H2,(H,26,30). The second-order valence-corrected chi connectivity index (χ2v) is 8.53. The monoisotopic (exact) mass is 432 g/mol. The number of nitrogens with zero attached hydrogens (tertiary/aromatic N) is 3. The summed E-state index contributed by atoms with van der Waals surface area (Å²) in [5.74, 6) is 0.261. The van der Waals surface area contributed by atoms with Crippen molar-refractivity contribution < 1.29 is 9.18 Å². The Hall–Kier alpha value is -3.32. The predicted molar refractivity (Wildman–Crippen MR) is 123 cm³/mol. The van der Waals surface area contributed by atoms with Gasteiger partial charge in [0.25, 0.3) is 5.91 Å². The van der Waals surface area contributed by atoms with Crippen LogP contribution in [0.3, 0.4) is 0 Å². The van der Waals surface area contributed by atoms with Gasteiger partial charge in [0.15, 0.2) is 5.82 Å².